The molecule has 0 aromatic carbocycles. The summed E-state index contributed by atoms with van der Waals surface area (Å²) in [6.07, 6.45) is 3.47. The van der Waals surface area contributed by atoms with Gasteiger partial charge in [-0.15, -0.1) is 0 Å². The summed E-state index contributed by atoms with van der Waals surface area (Å²) in [5.74, 6) is 0. The summed E-state index contributed by atoms with van der Waals surface area (Å²) in [6, 6.07) is 1.98. The SMILES string of the molecule is CCC(O)(CC)CNCc1ccn(C)n1. The standard InChI is InChI=1S/C11H21N3O/c1-4-11(15,5-2)9-12-8-10-6-7-14(3)13-10/h6-7,12,15H,4-5,8-9H2,1-3H3. The number of aryl methyl sites for hydroxylation is 1. The van der Waals surface area contributed by atoms with Gasteiger partial charge in [0, 0.05) is 26.3 Å². The maximum atomic E-state index is 10.0. The van der Waals surface area contributed by atoms with Crippen molar-refractivity contribution < 1.29 is 5.11 Å². The Morgan fingerprint density at radius 3 is 2.60 bits per heavy atom. The van der Waals surface area contributed by atoms with Gasteiger partial charge >= 0.3 is 0 Å². The van der Waals surface area contributed by atoms with E-state index in [1.165, 1.54) is 0 Å². The fourth-order valence-electron chi connectivity index (χ4n) is 1.48. The Bertz CT molecular complexity index is 292. The lowest BCUT2D eigenvalue weighted by molar-refractivity contribution is 0.0322. The van der Waals surface area contributed by atoms with E-state index in [-0.39, 0.29) is 0 Å². The van der Waals surface area contributed by atoms with E-state index in [1.807, 2.05) is 33.2 Å². The van der Waals surface area contributed by atoms with Gasteiger partial charge in [-0.25, -0.2) is 0 Å². The topological polar surface area (TPSA) is 50.1 Å². The van der Waals surface area contributed by atoms with E-state index in [1.54, 1.807) is 4.68 Å². The van der Waals surface area contributed by atoms with Crippen molar-refractivity contribution in [2.24, 2.45) is 7.05 Å². The Morgan fingerprint density at radius 1 is 1.47 bits per heavy atom. The third kappa shape index (κ3) is 3.64. The number of nitrogens with zero attached hydrogens (tertiary/aromatic N) is 2. The van der Waals surface area contributed by atoms with Crippen molar-refractivity contribution in [1.29, 1.82) is 0 Å². The average Bonchev–Trinajstić information content (AvgIpc) is 2.64. The van der Waals surface area contributed by atoms with Crippen molar-refractivity contribution in [1.82, 2.24) is 15.1 Å². The van der Waals surface area contributed by atoms with E-state index in [0.29, 0.717) is 13.1 Å². The highest BCUT2D eigenvalue weighted by molar-refractivity contribution is 4.98. The van der Waals surface area contributed by atoms with Gasteiger partial charge in [0.25, 0.3) is 0 Å². The van der Waals surface area contributed by atoms with Crippen LogP contribution in [0.1, 0.15) is 32.4 Å². The van der Waals surface area contributed by atoms with Gasteiger partial charge in [0.2, 0.25) is 0 Å². The summed E-state index contributed by atoms with van der Waals surface area (Å²) >= 11 is 0. The average molecular weight is 211 g/mol. The number of nitrogens with one attached hydrogen (secondary N) is 1. The molecule has 0 unspecified atom stereocenters. The lowest BCUT2D eigenvalue weighted by atomic mass is 9.98. The van der Waals surface area contributed by atoms with E-state index < -0.39 is 5.60 Å². The minimum Gasteiger partial charge on any atom is -0.389 e. The van der Waals surface area contributed by atoms with Gasteiger partial charge in [-0.1, -0.05) is 13.8 Å². The van der Waals surface area contributed by atoms with Gasteiger partial charge in [0.05, 0.1) is 11.3 Å². The van der Waals surface area contributed by atoms with E-state index in [0.717, 1.165) is 18.5 Å². The van der Waals surface area contributed by atoms with E-state index in [4.69, 9.17) is 0 Å². The van der Waals surface area contributed by atoms with Crippen LogP contribution in [0.5, 0.6) is 0 Å². The first-order valence-electron chi connectivity index (χ1n) is 5.51. The molecule has 0 spiro atoms. The zero-order valence-corrected chi connectivity index (χ0v) is 9.82. The first-order valence-corrected chi connectivity index (χ1v) is 5.51. The summed E-state index contributed by atoms with van der Waals surface area (Å²) in [5.41, 5.74) is 0.432. The van der Waals surface area contributed by atoms with Crippen LogP contribution in [0.25, 0.3) is 0 Å². The minimum atomic E-state index is -0.575. The van der Waals surface area contributed by atoms with Gasteiger partial charge in [-0.05, 0) is 18.9 Å². The highest BCUT2D eigenvalue weighted by Crippen LogP contribution is 2.12. The van der Waals surface area contributed by atoms with Gasteiger partial charge in [-0.3, -0.25) is 4.68 Å². The normalized spacial score (nSPS) is 12.0. The lowest BCUT2D eigenvalue weighted by Gasteiger charge is -2.25. The molecule has 0 fully saturated rings. The Labute approximate surface area is 91.3 Å². The van der Waals surface area contributed by atoms with Crippen LogP contribution in [0.15, 0.2) is 12.3 Å². The summed E-state index contributed by atoms with van der Waals surface area (Å²) in [7, 11) is 1.90. The van der Waals surface area contributed by atoms with Crippen LogP contribution in [0, 0.1) is 0 Å². The molecule has 86 valence electrons. The number of hydrogen-bond acceptors (Lipinski definition) is 3. The predicted octanol–water partition coefficient (Wildman–Crippen LogP) is 1.06. The molecule has 15 heavy (non-hydrogen) atoms. The molecule has 0 aliphatic heterocycles. The molecule has 0 saturated heterocycles. The quantitative estimate of drug-likeness (QED) is 0.740. The maximum Gasteiger partial charge on any atom is 0.0766 e. The van der Waals surface area contributed by atoms with Crippen molar-refractivity contribution in [2.45, 2.75) is 38.8 Å². The molecule has 0 atom stereocenters. The number of rotatable bonds is 6. The van der Waals surface area contributed by atoms with E-state index >= 15 is 0 Å². The summed E-state index contributed by atoms with van der Waals surface area (Å²) in [5, 5.41) is 17.5. The Morgan fingerprint density at radius 2 is 2.13 bits per heavy atom. The minimum absolute atomic E-state index is 0.575. The zero-order valence-electron chi connectivity index (χ0n) is 9.82. The van der Waals surface area contributed by atoms with Gasteiger partial charge in [0.15, 0.2) is 0 Å². The van der Waals surface area contributed by atoms with Crippen LogP contribution < -0.4 is 5.32 Å². The van der Waals surface area contributed by atoms with Crippen LogP contribution in [0.3, 0.4) is 0 Å². The number of aromatic nitrogens is 2. The zero-order chi connectivity index (χ0) is 11.3. The fraction of sp³-hybridized carbons (Fsp3) is 0.727. The molecule has 0 aliphatic carbocycles. The molecule has 4 nitrogen and oxygen atoms in total. The van der Waals surface area contributed by atoms with Crippen molar-refractivity contribution >= 4 is 0 Å². The van der Waals surface area contributed by atoms with Crippen molar-refractivity contribution in [3.05, 3.63) is 18.0 Å². The second-order valence-corrected chi connectivity index (χ2v) is 4.02. The molecule has 0 bridgehead atoms. The molecular formula is C11H21N3O. The number of aliphatic hydroxyl groups is 1. The molecule has 0 amide bonds. The molecule has 4 heteroatoms. The smallest absolute Gasteiger partial charge is 0.0766 e. The molecule has 0 radical (unpaired) electrons. The molecular weight excluding hydrogens is 190 g/mol. The third-order valence-electron chi connectivity index (χ3n) is 2.85. The Kier molecular flexibility index (Phi) is 4.29. The second kappa shape index (κ2) is 5.28. The van der Waals surface area contributed by atoms with Crippen molar-refractivity contribution in [3.63, 3.8) is 0 Å². The monoisotopic (exact) mass is 211 g/mol. The van der Waals surface area contributed by atoms with Gasteiger partial charge in [-0.2, -0.15) is 5.10 Å². The molecule has 1 rings (SSSR count). The maximum absolute atomic E-state index is 10.0. The summed E-state index contributed by atoms with van der Waals surface area (Å²) < 4.78 is 1.78. The Balaban J connectivity index is 2.32. The van der Waals surface area contributed by atoms with E-state index in [2.05, 4.69) is 10.4 Å². The summed E-state index contributed by atoms with van der Waals surface area (Å²) in [4.78, 5) is 0. The molecule has 0 aliphatic rings. The number of hydrogen-bond donors (Lipinski definition) is 2. The molecule has 0 saturated carbocycles. The lowest BCUT2D eigenvalue weighted by Crippen LogP contribution is -2.39. The molecule has 1 aromatic heterocycles. The van der Waals surface area contributed by atoms with Crippen molar-refractivity contribution in [3.8, 4) is 0 Å². The Hall–Kier alpha value is -0.870. The first kappa shape index (κ1) is 12.2. The highest BCUT2D eigenvalue weighted by Gasteiger charge is 2.21. The first-order chi connectivity index (χ1) is 7.09. The van der Waals surface area contributed by atoms with Gasteiger partial charge < -0.3 is 10.4 Å². The molecule has 2 N–H and O–H groups in total. The van der Waals surface area contributed by atoms with Crippen LogP contribution in [-0.4, -0.2) is 27.0 Å². The summed E-state index contributed by atoms with van der Waals surface area (Å²) in [6.45, 7) is 5.34. The molecule has 1 heterocycles. The molecule has 1 aromatic rings. The van der Waals surface area contributed by atoms with Crippen LogP contribution in [-0.2, 0) is 13.6 Å². The van der Waals surface area contributed by atoms with Crippen LogP contribution in [0.4, 0.5) is 0 Å². The third-order valence-corrected chi connectivity index (χ3v) is 2.85. The van der Waals surface area contributed by atoms with Crippen LogP contribution >= 0.6 is 0 Å². The predicted molar refractivity (Wildman–Crippen MR) is 60.4 cm³/mol. The van der Waals surface area contributed by atoms with Crippen LogP contribution in [0.2, 0.25) is 0 Å². The second-order valence-electron chi connectivity index (χ2n) is 4.02. The van der Waals surface area contributed by atoms with Crippen molar-refractivity contribution in [2.75, 3.05) is 6.54 Å². The fourth-order valence-corrected chi connectivity index (χ4v) is 1.48. The highest BCUT2D eigenvalue weighted by atomic mass is 16.3. The van der Waals surface area contributed by atoms with Gasteiger partial charge in [0.1, 0.15) is 0 Å². The van der Waals surface area contributed by atoms with E-state index in [9.17, 15) is 5.11 Å². The largest absolute Gasteiger partial charge is 0.389 e.